The monoisotopic (exact) mass is 429 g/mol. The Balaban J connectivity index is 0.000000696. The highest BCUT2D eigenvalue weighted by Crippen LogP contribution is 2.38. The zero-order chi connectivity index (χ0) is 21.9. The van der Waals surface area contributed by atoms with E-state index in [1.54, 1.807) is 12.1 Å². The number of hydrogen-bond donors (Lipinski definition) is 0. The molecule has 0 saturated heterocycles. The maximum atomic E-state index is 10.8. The molecule has 0 spiro atoms. The third-order valence-electron chi connectivity index (χ3n) is 3.68. The van der Waals surface area contributed by atoms with Gasteiger partial charge >= 0.3 is 0 Å². The second-order valence-electron chi connectivity index (χ2n) is 8.26. The van der Waals surface area contributed by atoms with Crippen LogP contribution in [0.5, 0.6) is 0 Å². The van der Waals surface area contributed by atoms with Gasteiger partial charge in [0.25, 0.3) is 5.69 Å². The van der Waals surface area contributed by atoms with Crippen LogP contribution in [0.4, 0.5) is 5.69 Å². The molecular weight excluding hydrogens is 406 g/mol. The van der Waals surface area contributed by atoms with E-state index in [1.807, 2.05) is 23.5 Å². The van der Waals surface area contributed by atoms with Crippen molar-refractivity contribution in [1.29, 1.82) is 0 Å². The second-order valence-corrected chi connectivity index (χ2v) is 10.1. The van der Waals surface area contributed by atoms with Crippen LogP contribution in [0.2, 0.25) is 0 Å². The van der Waals surface area contributed by atoms with Crippen LogP contribution < -0.4 is 18.6 Å². The molecule has 0 N–H and O–H groups in total. The van der Waals surface area contributed by atoms with Gasteiger partial charge in [0.1, 0.15) is 0 Å². The largest absolute Gasteiger partial charge is 0.269 e. The van der Waals surface area contributed by atoms with Crippen molar-refractivity contribution < 1.29 is 33.8 Å². The summed E-state index contributed by atoms with van der Waals surface area (Å²) >= 11 is 1.84. The first-order chi connectivity index (χ1) is 12.5. The molecule has 9 heteroatoms. The lowest BCUT2D eigenvalue weighted by Crippen LogP contribution is -2.68. The van der Waals surface area contributed by atoms with Gasteiger partial charge < -0.3 is 0 Å². The van der Waals surface area contributed by atoms with E-state index in [0.717, 1.165) is 11.1 Å². The highest BCUT2D eigenvalue weighted by atomic mass is 35.7. The molecule has 28 heavy (non-hydrogen) atoms. The van der Waals surface area contributed by atoms with Crippen molar-refractivity contribution in [3.63, 3.8) is 0 Å². The van der Waals surface area contributed by atoms with E-state index in [2.05, 4.69) is 53.7 Å². The number of benzene rings is 1. The minimum Gasteiger partial charge on any atom is -0.258 e. The molecule has 7 nitrogen and oxygen atoms in total. The summed E-state index contributed by atoms with van der Waals surface area (Å²) in [6, 6.07) is 11.2. The van der Waals surface area contributed by atoms with E-state index >= 15 is 0 Å². The molecule has 0 atom stereocenters. The molecule has 0 bridgehead atoms. The van der Waals surface area contributed by atoms with Crippen molar-refractivity contribution in [3.8, 4) is 11.1 Å². The molecule has 1 aromatic carbocycles. The molecule has 0 radical (unpaired) electrons. The van der Waals surface area contributed by atoms with Crippen LogP contribution in [0.3, 0.4) is 0 Å². The van der Waals surface area contributed by atoms with E-state index in [0.29, 0.717) is 0 Å². The van der Waals surface area contributed by atoms with Crippen LogP contribution in [0, 0.1) is 20.4 Å². The first-order valence-electron chi connectivity index (χ1n) is 8.34. The standard InChI is InChI=1S/C19H24NO2S.ClHO4/c1-18(2,3)16-11-14(12-17(23-16)19(4,5)6)13-7-9-15(10-8-13)20(21)22;2-1(3,4)5/h7-12H,1-6H3;(H,2,3,4,5)/q+1;/p-1. The van der Waals surface area contributed by atoms with Gasteiger partial charge in [-0.25, -0.2) is 18.6 Å². The number of hydrogen-bond acceptors (Lipinski definition) is 6. The molecular formula is C19H24ClNO6S. The molecule has 0 aliphatic carbocycles. The summed E-state index contributed by atoms with van der Waals surface area (Å²) in [7, 11) is -4.94. The normalized spacial score (nSPS) is 12.2. The van der Waals surface area contributed by atoms with Crippen LogP contribution in [-0.2, 0) is 10.8 Å². The van der Waals surface area contributed by atoms with Crippen molar-refractivity contribution in [2.75, 3.05) is 0 Å². The number of halogens is 1. The highest BCUT2D eigenvalue weighted by molar-refractivity contribution is 7.12. The average molecular weight is 430 g/mol. The highest BCUT2D eigenvalue weighted by Gasteiger charge is 2.32. The van der Waals surface area contributed by atoms with Gasteiger partial charge in [0.2, 0.25) is 21.1 Å². The Morgan fingerprint density at radius 2 is 1.14 bits per heavy atom. The predicted molar refractivity (Wildman–Crippen MR) is 98.2 cm³/mol. The molecule has 0 amide bonds. The molecule has 0 saturated carbocycles. The molecule has 154 valence electrons. The van der Waals surface area contributed by atoms with Crippen LogP contribution in [-0.4, -0.2) is 4.92 Å². The summed E-state index contributed by atoms with van der Waals surface area (Å²) in [6.45, 7) is 13.3. The Bertz CT molecular complexity index is 782. The maximum Gasteiger partial charge on any atom is 0.269 e. The Morgan fingerprint density at radius 3 is 1.43 bits per heavy atom. The topological polar surface area (TPSA) is 135 Å². The fourth-order valence-electron chi connectivity index (χ4n) is 2.18. The van der Waals surface area contributed by atoms with E-state index < -0.39 is 10.2 Å². The molecule has 0 unspecified atom stereocenters. The minimum absolute atomic E-state index is 0.0709. The van der Waals surface area contributed by atoms with Crippen molar-refractivity contribution in [2.24, 2.45) is 0 Å². The van der Waals surface area contributed by atoms with Gasteiger partial charge in [-0.3, -0.25) is 10.1 Å². The van der Waals surface area contributed by atoms with E-state index in [1.165, 1.54) is 9.75 Å². The molecule has 0 aliphatic rings. The molecule has 1 aromatic heterocycles. The average Bonchev–Trinajstić information content (AvgIpc) is 2.51. The summed E-state index contributed by atoms with van der Waals surface area (Å²) in [6.07, 6.45) is 0. The van der Waals surface area contributed by atoms with Gasteiger partial charge in [0, 0.05) is 35.1 Å². The van der Waals surface area contributed by atoms with Crippen LogP contribution in [0.1, 0.15) is 51.3 Å². The third kappa shape index (κ3) is 8.14. The molecule has 0 aliphatic heterocycles. The molecule has 0 fully saturated rings. The minimum atomic E-state index is -4.94. The summed E-state index contributed by atoms with van der Waals surface area (Å²) < 4.78 is 34.0. The molecule has 2 rings (SSSR count). The fourth-order valence-corrected chi connectivity index (χ4v) is 3.40. The number of non-ortho nitro benzene ring substituents is 1. The number of rotatable bonds is 2. The van der Waals surface area contributed by atoms with Crippen molar-refractivity contribution in [2.45, 2.75) is 52.4 Å². The lowest BCUT2D eigenvalue weighted by atomic mass is 9.90. The lowest BCUT2D eigenvalue weighted by Gasteiger charge is -2.17. The van der Waals surface area contributed by atoms with Crippen molar-refractivity contribution >= 4 is 17.0 Å². The van der Waals surface area contributed by atoms with E-state index in [9.17, 15) is 10.1 Å². The molecule has 1 heterocycles. The first kappa shape index (κ1) is 24.4. The first-order valence-corrected chi connectivity index (χ1v) is 10.4. The van der Waals surface area contributed by atoms with E-state index in [4.69, 9.17) is 18.6 Å². The van der Waals surface area contributed by atoms with Gasteiger partial charge in [0.05, 0.1) is 4.92 Å². The summed E-state index contributed by atoms with van der Waals surface area (Å²) in [5, 5.41) is 10.8. The van der Waals surface area contributed by atoms with Gasteiger partial charge in [-0.05, 0) is 23.3 Å². The van der Waals surface area contributed by atoms with Gasteiger partial charge in [-0.1, -0.05) is 41.5 Å². The zero-order valence-electron chi connectivity index (χ0n) is 16.6. The van der Waals surface area contributed by atoms with Crippen molar-refractivity contribution in [1.82, 2.24) is 0 Å². The van der Waals surface area contributed by atoms with Crippen LogP contribution in [0.15, 0.2) is 36.4 Å². The van der Waals surface area contributed by atoms with Gasteiger partial charge in [-0.15, -0.1) is 10.2 Å². The molecule has 2 aromatic rings. The van der Waals surface area contributed by atoms with Crippen LogP contribution in [0.25, 0.3) is 11.1 Å². The Kier molecular flexibility index (Phi) is 7.63. The Morgan fingerprint density at radius 1 is 0.786 bits per heavy atom. The summed E-state index contributed by atoms with van der Waals surface area (Å²) in [4.78, 5) is 13.1. The van der Waals surface area contributed by atoms with Gasteiger partial charge in [-0.2, -0.15) is 0 Å². The van der Waals surface area contributed by atoms with Crippen molar-refractivity contribution in [3.05, 3.63) is 56.3 Å². The lowest BCUT2D eigenvalue weighted by molar-refractivity contribution is -2.00. The number of nitrogens with zero attached hydrogens (tertiary/aromatic N) is 1. The number of nitro benzene ring substituents is 1. The number of nitro groups is 1. The maximum absolute atomic E-state index is 10.8. The third-order valence-corrected chi connectivity index (χ3v) is 5.58. The predicted octanol–water partition coefficient (Wildman–Crippen LogP) is 1.44. The SMILES string of the molecule is CC(C)(C)c1cc(-c2ccc([N+](=O)[O-])cc2)cc(C(C)(C)C)[s+]1.[O-][Cl+3]([O-])([O-])[O-]. The summed E-state index contributed by atoms with van der Waals surface area (Å²) in [5.74, 6) is 0. The zero-order valence-corrected chi connectivity index (χ0v) is 18.2. The van der Waals surface area contributed by atoms with Gasteiger partial charge in [0.15, 0.2) is 0 Å². The Labute approximate surface area is 170 Å². The van der Waals surface area contributed by atoms with Crippen LogP contribution >= 0.6 is 11.3 Å². The van der Waals surface area contributed by atoms with E-state index in [-0.39, 0.29) is 21.4 Å². The second kappa shape index (κ2) is 8.77. The fraction of sp³-hybridized carbons (Fsp3) is 0.421. The quantitative estimate of drug-likeness (QED) is 0.402. The Hall–Kier alpha value is -1.68. The smallest absolute Gasteiger partial charge is 0.258 e. The summed E-state index contributed by atoms with van der Waals surface area (Å²) in [5.41, 5.74) is 2.40.